The van der Waals surface area contributed by atoms with Crippen LogP contribution >= 0.6 is 11.6 Å². The van der Waals surface area contributed by atoms with Crippen LogP contribution in [0.5, 0.6) is 5.75 Å². The second-order valence-corrected chi connectivity index (χ2v) is 11.6. The molecule has 2 unspecified atom stereocenters. The van der Waals surface area contributed by atoms with E-state index in [0.717, 1.165) is 5.56 Å². The third-order valence-electron chi connectivity index (χ3n) is 6.87. The molecule has 2 aromatic carbocycles. The Bertz CT molecular complexity index is 1580. The Morgan fingerprint density at radius 2 is 1.88 bits per heavy atom. The van der Waals surface area contributed by atoms with Gasteiger partial charge in [-0.05, 0) is 50.6 Å². The number of nitrogens with zero attached hydrogens (tertiary/aromatic N) is 4. The average Bonchev–Trinajstić information content (AvgIpc) is 3.60. The molecule has 0 aliphatic carbocycles. The number of amides is 3. The van der Waals surface area contributed by atoms with E-state index in [2.05, 4.69) is 15.3 Å². The molecule has 0 saturated carbocycles. The summed E-state index contributed by atoms with van der Waals surface area (Å²) in [5.41, 5.74) is 0.593. The van der Waals surface area contributed by atoms with Crippen LogP contribution in [0, 0.1) is 0 Å². The lowest BCUT2D eigenvalue weighted by Crippen LogP contribution is -2.55. The molecule has 43 heavy (non-hydrogen) atoms. The number of nitrogens with one attached hydrogen (secondary N) is 2. The Kier molecular flexibility index (Phi) is 8.23. The summed E-state index contributed by atoms with van der Waals surface area (Å²) in [4.78, 5) is 66.1. The summed E-state index contributed by atoms with van der Waals surface area (Å²) in [6.45, 7) is 5.95. The Labute approximate surface area is 252 Å². The Morgan fingerprint density at radius 3 is 2.51 bits per heavy atom. The number of carboxylic acids is 1. The number of piperazine rings is 1. The van der Waals surface area contributed by atoms with Gasteiger partial charge in [0.2, 0.25) is 5.91 Å². The number of imidazole rings is 1. The minimum atomic E-state index is -1.25. The number of ketones is 1. The second-order valence-electron chi connectivity index (χ2n) is 11.2. The number of H-pyrrole nitrogens is 1. The van der Waals surface area contributed by atoms with E-state index in [1.165, 1.54) is 21.9 Å². The first-order chi connectivity index (χ1) is 20.4. The van der Waals surface area contributed by atoms with Gasteiger partial charge in [0.1, 0.15) is 48.1 Å². The molecular weight excluding hydrogens is 576 g/mol. The van der Waals surface area contributed by atoms with Gasteiger partial charge in [-0.15, -0.1) is 0 Å². The van der Waals surface area contributed by atoms with Crippen molar-refractivity contribution in [2.24, 2.45) is 4.99 Å². The van der Waals surface area contributed by atoms with Crippen LogP contribution in [0.4, 0.5) is 4.79 Å². The summed E-state index contributed by atoms with van der Waals surface area (Å²) in [5, 5.41) is 12.5. The summed E-state index contributed by atoms with van der Waals surface area (Å²) in [7, 11) is 0. The Balaban J connectivity index is 1.69. The number of ether oxygens (including phenoxy) is 1. The summed E-state index contributed by atoms with van der Waals surface area (Å²) >= 11 is 6.18. The minimum Gasteiger partial charge on any atom is -0.487 e. The van der Waals surface area contributed by atoms with E-state index < -0.39 is 41.9 Å². The molecule has 1 fully saturated rings. The number of hydrogen-bond acceptors (Lipinski definition) is 7. The number of carboxylic acid groups (broad SMARTS) is 1. The zero-order chi connectivity index (χ0) is 30.9. The number of aliphatic imine (C=N–C) groups is 1. The fourth-order valence-corrected chi connectivity index (χ4v) is 5.19. The van der Waals surface area contributed by atoms with E-state index in [4.69, 9.17) is 21.3 Å². The van der Waals surface area contributed by atoms with Crippen molar-refractivity contribution >= 4 is 41.1 Å². The van der Waals surface area contributed by atoms with Gasteiger partial charge in [0.15, 0.2) is 5.78 Å². The number of aromatic amines is 1. The van der Waals surface area contributed by atoms with Gasteiger partial charge in [0.05, 0.1) is 5.56 Å². The number of carbonyl (C=O) groups is 4. The highest BCUT2D eigenvalue weighted by Crippen LogP contribution is 2.44. The predicted octanol–water partition coefficient (Wildman–Crippen LogP) is 3.99. The van der Waals surface area contributed by atoms with E-state index in [0.29, 0.717) is 29.5 Å². The molecule has 1 aromatic heterocycles. The summed E-state index contributed by atoms with van der Waals surface area (Å²) in [6.07, 6.45) is 2.55. The number of rotatable bonds is 7. The number of hydrogen-bond donors (Lipinski definition) is 3. The Morgan fingerprint density at radius 1 is 1.14 bits per heavy atom. The monoisotopic (exact) mass is 606 g/mol. The largest absolute Gasteiger partial charge is 0.487 e. The van der Waals surface area contributed by atoms with Crippen molar-refractivity contribution in [2.75, 3.05) is 19.6 Å². The van der Waals surface area contributed by atoms with Crippen molar-refractivity contribution in [3.05, 3.63) is 82.4 Å². The van der Waals surface area contributed by atoms with Crippen LogP contribution in [0.1, 0.15) is 66.6 Å². The van der Waals surface area contributed by atoms with Crippen molar-refractivity contribution in [1.82, 2.24) is 25.1 Å². The number of Topliss-reactive ketones (excluding diaryl/α,β-unsaturated/α-hetero) is 1. The fraction of sp³-hybridized carbons (Fsp3) is 0.333. The molecular formula is C30H31ClN6O6. The molecule has 5 rings (SSSR count). The van der Waals surface area contributed by atoms with E-state index in [1.54, 1.807) is 30.6 Å². The molecule has 0 radical (unpaired) electrons. The number of halogens is 1. The van der Waals surface area contributed by atoms with Gasteiger partial charge >= 0.3 is 12.0 Å². The van der Waals surface area contributed by atoms with Crippen molar-refractivity contribution in [3.63, 3.8) is 0 Å². The van der Waals surface area contributed by atoms with Crippen molar-refractivity contribution in [1.29, 1.82) is 0 Å². The molecule has 224 valence electrons. The topological polar surface area (TPSA) is 157 Å². The number of aromatic nitrogens is 2. The van der Waals surface area contributed by atoms with Gasteiger partial charge in [-0.1, -0.05) is 29.8 Å². The molecule has 3 amide bonds. The third-order valence-corrected chi connectivity index (χ3v) is 7.12. The molecule has 3 aromatic rings. The smallest absolute Gasteiger partial charge is 0.326 e. The standard InChI is InChI=1S/C30H31ClN6O6/c1-30(2,3)43-22-14-18(21(38)15-24(40)41)6-9-20(22)28-35-25(17-4-7-19(31)8-5-17)26(27-33-10-11-34-27)37(28)29(42)36-13-12-32-23(39)16-36/h4-11,14,25-26H,12-13,15-16H2,1-3H3,(H,32,39)(H,33,34)(H,40,41). The van der Waals surface area contributed by atoms with Crippen LogP contribution in [0.3, 0.4) is 0 Å². The van der Waals surface area contributed by atoms with E-state index >= 15 is 0 Å². The van der Waals surface area contributed by atoms with Crippen molar-refractivity contribution in [3.8, 4) is 5.75 Å². The van der Waals surface area contributed by atoms with Crippen molar-refractivity contribution in [2.45, 2.75) is 44.9 Å². The highest BCUT2D eigenvalue weighted by molar-refractivity contribution is 6.30. The molecule has 1 saturated heterocycles. The van der Waals surface area contributed by atoms with Gasteiger partial charge in [0.25, 0.3) is 0 Å². The quantitative estimate of drug-likeness (QED) is 0.271. The molecule has 2 aliphatic rings. The zero-order valence-electron chi connectivity index (χ0n) is 23.8. The van der Waals surface area contributed by atoms with Gasteiger partial charge < -0.3 is 25.0 Å². The highest BCUT2D eigenvalue weighted by atomic mass is 35.5. The van der Waals surface area contributed by atoms with Crippen LogP contribution in [0.25, 0.3) is 0 Å². The number of urea groups is 1. The third kappa shape index (κ3) is 6.54. The number of amidine groups is 1. The van der Waals surface area contributed by atoms with E-state index in [9.17, 15) is 24.3 Å². The average molecular weight is 607 g/mol. The van der Waals surface area contributed by atoms with Gasteiger partial charge in [-0.25, -0.2) is 9.78 Å². The van der Waals surface area contributed by atoms with Gasteiger partial charge in [-0.3, -0.25) is 24.3 Å². The van der Waals surface area contributed by atoms with Crippen LogP contribution < -0.4 is 10.1 Å². The minimum absolute atomic E-state index is 0.132. The highest BCUT2D eigenvalue weighted by Gasteiger charge is 2.46. The fourth-order valence-electron chi connectivity index (χ4n) is 5.06. The molecule has 13 heteroatoms. The number of benzene rings is 2. The lowest BCUT2D eigenvalue weighted by atomic mass is 9.99. The van der Waals surface area contributed by atoms with Gasteiger partial charge in [0, 0.05) is 36.1 Å². The molecule has 0 bridgehead atoms. The molecule has 3 N–H and O–H groups in total. The maximum Gasteiger partial charge on any atom is 0.326 e. The summed E-state index contributed by atoms with van der Waals surface area (Å²) in [5.74, 6) is -1.16. The first-order valence-corrected chi connectivity index (χ1v) is 14.0. The van der Waals surface area contributed by atoms with E-state index in [-0.39, 0.29) is 29.6 Å². The number of carbonyl (C=O) groups excluding carboxylic acids is 3. The Hall–Kier alpha value is -4.71. The normalized spacial score (nSPS) is 18.7. The number of aliphatic carboxylic acids is 1. The molecule has 0 spiro atoms. The van der Waals surface area contributed by atoms with Crippen LogP contribution in [0.15, 0.2) is 59.9 Å². The lowest BCUT2D eigenvalue weighted by molar-refractivity contribution is -0.136. The van der Waals surface area contributed by atoms with Gasteiger partial charge in [-0.2, -0.15) is 0 Å². The molecule has 2 aliphatic heterocycles. The zero-order valence-corrected chi connectivity index (χ0v) is 24.6. The molecule has 2 atom stereocenters. The van der Waals surface area contributed by atoms with Crippen LogP contribution in [-0.2, 0) is 9.59 Å². The van der Waals surface area contributed by atoms with E-state index in [1.807, 2.05) is 32.9 Å². The molecule has 3 heterocycles. The van der Waals surface area contributed by atoms with Crippen LogP contribution in [-0.4, -0.2) is 79.6 Å². The lowest BCUT2D eigenvalue weighted by Gasteiger charge is -2.35. The maximum absolute atomic E-state index is 14.3. The summed E-state index contributed by atoms with van der Waals surface area (Å²) < 4.78 is 6.28. The summed E-state index contributed by atoms with van der Waals surface area (Å²) in [6, 6.07) is 9.87. The maximum atomic E-state index is 14.3. The van der Waals surface area contributed by atoms with Crippen molar-refractivity contribution < 1.29 is 29.0 Å². The molecule has 12 nitrogen and oxygen atoms in total. The van der Waals surface area contributed by atoms with Crippen LogP contribution in [0.2, 0.25) is 5.02 Å². The SMILES string of the molecule is CC(C)(C)Oc1cc(C(=O)CC(=O)O)ccc1C1=NC(c2ccc(Cl)cc2)C(c2ncc[nH]2)N1C(=O)N1CCNC(=O)C1. The first-order valence-electron chi connectivity index (χ1n) is 13.7. The second kappa shape index (κ2) is 11.9. The first kappa shape index (κ1) is 29.8. The predicted molar refractivity (Wildman–Crippen MR) is 157 cm³/mol.